The maximum absolute atomic E-state index is 13.2. The van der Waals surface area contributed by atoms with Crippen molar-refractivity contribution in [1.29, 1.82) is 0 Å². The minimum absolute atomic E-state index is 0.0793. The molecule has 0 heterocycles. The molecule has 0 spiro atoms. The largest absolute Gasteiger partial charge is 0.478 e. The van der Waals surface area contributed by atoms with E-state index in [-0.39, 0.29) is 23.3 Å². The number of amides is 2. The fraction of sp³-hybridized carbons (Fsp3) is 0.429. The second-order valence-electron chi connectivity index (χ2n) is 5.15. The molecule has 1 aromatic rings. The molecule has 1 saturated carbocycles. The minimum Gasteiger partial charge on any atom is -0.478 e. The van der Waals surface area contributed by atoms with Crippen molar-refractivity contribution in [1.82, 2.24) is 5.32 Å². The van der Waals surface area contributed by atoms with Crippen LogP contribution in [0.2, 0.25) is 0 Å². The van der Waals surface area contributed by atoms with Gasteiger partial charge in [-0.25, -0.2) is 14.0 Å². The van der Waals surface area contributed by atoms with Crippen molar-refractivity contribution in [2.45, 2.75) is 37.8 Å². The maximum Gasteiger partial charge on any atom is 0.337 e. The molecule has 0 radical (unpaired) electrons. The molecule has 0 bridgehead atoms. The van der Waals surface area contributed by atoms with Crippen LogP contribution in [0.3, 0.4) is 0 Å². The molecule has 5 N–H and O–H groups in total. The topological polar surface area (TPSA) is 104 Å². The van der Waals surface area contributed by atoms with Gasteiger partial charge in [0.1, 0.15) is 5.82 Å². The van der Waals surface area contributed by atoms with E-state index in [9.17, 15) is 14.0 Å². The van der Waals surface area contributed by atoms with Crippen LogP contribution in [0, 0.1) is 5.82 Å². The number of hydrogen-bond acceptors (Lipinski definition) is 3. The Kier molecular flexibility index (Phi) is 4.74. The molecule has 0 aromatic heterocycles. The summed E-state index contributed by atoms with van der Waals surface area (Å²) in [6, 6.07) is 2.27. The highest BCUT2D eigenvalue weighted by Gasteiger charge is 2.23. The molecule has 2 rings (SSSR count). The van der Waals surface area contributed by atoms with E-state index < -0.39 is 17.8 Å². The molecule has 114 valence electrons. The molecule has 1 aromatic carbocycles. The van der Waals surface area contributed by atoms with Gasteiger partial charge >= 0.3 is 12.0 Å². The van der Waals surface area contributed by atoms with Crippen molar-refractivity contribution in [2.75, 3.05) is 5.32 Å². The number of carbonyl (C=O) groups is 2. The van der Waals surface area contributed by atoms with Crippen LogP contribution in [0.1, 0.15) is 36.0 Å². The van der Waals surface area contributed by atoms with Gasteiger partial charge in [-0.3, -0.25) is 0 Å². The summed E-state index contributed by atoms with van der Waals surface area (Å²) in [6.45, 7) is 0. The fourth-order valence-electron chi connectivity index (χ4n) is 2.47. The zero-order chi connectivity index (χ0) is 15.4. The van der Waals surface area contributed by atoms with Crippen LogP contribution in [-0.4, -0.2) is 29.2 Å². The number of nitrogens with one attached hydrogen (secondary N) is 2. The van der Waals surface area contributed by atoms with Crippen LogP contribution in [-0.2, 0) is 0 Å². The molecular formula is C14H18FN3O3. The maximum atomic E-state index is 13.2. The zero-order valence-corrected chi connectivity index (χ0v) is 11.4. The number of carboxylic acid groups (broad SMARTS) is 1. The average Bonchev–Trinajstić information content (AvgIpc) is 2.41. The first-order valence-corrected chi connectivity index (χ1v) is 6.83. The minimum atomic E-state index is -1.24. The lowest BCUT2D eigenvalue weighted by atomic mass is 9.91. The third kappa shape index (κ3) is 3.91. The smallest absolute Gasteiger partial charge is 0.337 e. The standard InChI is InChI=1S/C14H18FN3O3/c15-8-5-6-9(13(19)20)12(7-8)18-14(21)17-11-4-2-1-3-10(11)16/h5-7,10-11H,1-4,16H2,(H,19,20)(H2,17,18,21). The molecular weight excluding hydrogens is 277 g/mol. The van der Waals surface area contributed by atoms with Gasteiger partial charge in [0.05, 0.1) is 11.3 Å². The highest BCUT2D eigenvalue weighted by Crippen LogP contribution is 2.19. The van der Waals surface area contributed by atoms with Crippen LogP contribution in [0.5, 0.6) is 0 Å². The number of hydrogen-bond donors (Lipinski definition) is 4. The highest BCUT2D eigenvalue weighted by molar-refractivity contribution is 6.00. The van der Waals surface area contributed by atoms with E-state index in [2.05, 4.69) is 10.6 Å². The number of carboxylic acids is 1. The van der Waals surface area contributed by atoms with Gasteiger partial charge in [0.25, 0.3) is 0 Å². The predicted molar refractivity (Wildman–Crippen MR) is 75.7 cm³/mol. The van der Waals surface area contributed by atoms with Crippen molar-refractivity contribution in [3.63, 3.8) is 0 Å². The van der Waals surface area contributed by atoms with Crippen molar-refractivity contribution < 1.29 is 19.1 Å². The third-order valence-corrected chi connectivity index (χ3v) is 3.60. The Bertz CT molecular complexity index is 550. The van der Waals surface area contributed by atoms with Crippen molar-refractivity contribution in [3.8, 4) is 0 Å². The lowest BCUT2D eigenvalue weighted by Crippen LogP contribution is -2.50. The predicted octanol–water partition coefficient (Wildman–Crippen LogP) is 1.92. The first-order chi connectivity index (χ1) is 9.97. The number of benzene rings is 1. The zero-order valence-electron chi connectivity index (χ0n) is 11.4. The Morgan fingerprint density at radius 2 is 2.00 bits per heavy atom. The number of urea groups is 1. The Morgan fingerprint density at radius 1 is 1.29 bits per heavy atom. The van der Waals surface area contributed by atoms with E-state index in [1.54, 1.807) is 0 Å². The molecule has 1 fully saturated rings. The Hall–Kier alpha value is -2.15. The summed E-state index contributed by atoms with van der Waals surface area (Å²) in [5.74, 6) is -1.86. The second-order valence-corrected chi connectivity index (χ2v) is 5.15. The molecule has 21 heavy (non-hydrogen) atoms. The fourth-order valence-corrected chi connectivity index (χ4v) is 2.47. The number of rotatable bonds is 3. The summed E-state index contributed by atoms with van der Waals surface area (Å²) in [7, 11) is 0. The number of halogens is 1. The number of carbonyl (C=O) groups excluding carboxylic acids is 1. The number of aromatic carboxylic acids is 1. The summed E-state index contributed by atoms with van der Waals surface area (Å²) >= 11 is 0. The van der Waals surface area contributed by atoms with Crippen LogP contribution in [0.25, 0.3) is 0 Å². The first-order valence-electron chi connectivity index (χ1n) is 6.83. The SMILES string of the molecule is NC1CCCCC1NC(=O)Nc1cc(F)ccc1C(=O)O. The van der Waals surface area contributed by atoms with Crippen LogP contribution in [0.15, 0.2) is 18.2 Å². The molecule has 2 unspecified atom stereocenters. The molecule has 1 aliphatic rings. The van der Waals surface area contributed by atoms with E-state index in [4.69, 9.17) is 10.8 Å². The molecule has 0 aliphatic heterocycles. The summed E-state index contributed by atoms with van der Waals surface area (Å²) in [5.41, 5.74) is 5.68. The van der Waals surface area contributed by atoms with E-state index >= 15 is 0 Å². The summed E-state index contributed by atoms with van der Waals surface area (Å²) < 4.78 is 13.2. The molecule has 1 aliphatic carbocycles. The van der Waals surface area contributed by atoms with Crippen LogP contribution >= 0.6 is 0 Å². The summed E-state index contributed by atoms with van der Waals surface area (Å²) in [5, 5.41) is 14.1. The number of nitrogens with two attached hydrogens (primary N) is 1. The first kappa shape index (κ1) is 15.2. The molecule has 7 heteroatoms. The molecule has 6 nitrogen and oxygen atoms in total. The van der Waals surface area contributed by atoms with E-state index in [0.29, 0.717) is 0 Å². The Balaban J connectivity index is 2.05. The van der Waals surface area contributed by atoms with Gasteiger partial charge in [-0.2, -0.15) is 0 Å². The van der Waals surface area contributed by atoms with Gasteiger partial charge in [0.2, 0.25) is 0 Å². The Labute approximate surface area is 121 Å². The average molecular weight is 295 g/mol. The van der Waals surface area contributed by atoms with Gasteiger partial charge in [0.15, 0.2) is 0 Å². The molecule has 2 amide bonds. The molecule has 0 saturated heterocycles. The lowest BCUT2D eigenvalue weighted by molar-refractivity contribution is 0.0698. The van der Waals surface area contributed by atoms with Gasteiger partial charge < -0.3 is 21.5 Å². The van der Waals surface area contributed by atoms with Crippen molar-refractivity contribution in [2.24, 2.45) is 5.73 Å². The summed E-state index contributed by atoms with van der Waals surface area (Å²) in [4.78, 5) is 23.0. The second kappa shape index (κ2) is 6.53. The normalized spacial score (nSPS) is 21.6. The summed E-state index contributed by atoms with van der Waals surface area (Å²) in [6.07, 6.45) is 3.64. The van der Waals surface area contributed by atoms with E-state index in [1.165, 1.54) is 0 Å². The van der Waals surface area contributed by atoms with Gasteiger partial charge in [0, 0.05) is 12.1 Å². The highest BCUT2D eigenvalue weighted by atomic mass is 19.1. The molecule has 2 atom stereocenters. The van der Waals surface area contributed by atoms with Crippen LogP contribution in [0.4, 0.5) is 14.9 Å². The monoisotopic (exact) mass is 295 g/mol. The quantitative estimate of drug-likeness (QED) is 0.683. The lowest BCUT2D eigenvalue weighted by Gasteiger charge is -2.29. The van der Waals surface area contributed by atoms with E-state index in [1.807, 2.05) is 0 Å². The van der Waals surface area contributed by atoms with E-state index in [0.717, 1.165) is 43.9 Å². The van der Waals surface area contributed by atoms with Crippen molar-refractivity contribution >= 4 is 17.7 Å². The van der Waals surface area contributed by atoms with Gasteiger partial charge in [-0.05, 0) is 31.0 Å². The number of anilines is 1. The van der Waals surface area contributed by atoms with Crippen LogP contribution < -0.4 is 16.4 Å². The van der Waals surface area contributed by atoms with Gasteiger partial charge in [-0.1, -0.05) is 12.8 Å². The van der Waals surface area contributed by atoms with Crippen molar-refractivity contribution in [3.05, 3.63) is 29.6 Å². The van der Waals surface area contributed by atoms with Gasteiger partial charge in [-0.15, -0.1) is 0 Å². The Morgan fingerprint density at radius 3 is 2.67 bits per heavy atom. The third-order valence-electron chi connectivity index (χ3n) is 3.60.